The summed E-state index contributed by atoms with van der Waals surface area (Å²) in [5.41, 5.74) is -0.612. The second-order valence-corrected chi connectivity index (χ2v) is 6.22. The van der Waals surface area contributed by atoms with Crippen LogP contribution in [0.4, 0.5) is 0 Å². The zero-order valence-electron chi connectivity index (χ0n) is 13.7. The van der Waals surface area contributed by atoms with Crippen LogP contribution in [-0.4, -0.2) is 30.8 Å². The van der Waals surface area contributed by atoms with Gasteiger partial charge in [-0.15, -0.1) is 0 Å². The lowest BCUT2D eigenvalue weighted by atomic mass is 9.85. The minimum atomic E-state index is -1.71. The van der Waals surface area contributed by atoms with Crippen LogP contribution in [0.5, 0.6) is 0 Å². The van der Waals surface area contributed by atoms with Crippen molar-refractivity contribution >= 4 is 5.91 Å². The van der Waals surface area contributed by atoms with E-state index in [2.05, 4.69) is 5.32 Å². The molecule has 1 amide bonds. The molecule has 0 spiro atoms. The van der Waals surface area contributed by atoms with Gasteiger partial charge in [0, 0.05) is 13.2 Å². The molecule has 1 aliphatic rings. The summed E-state index contributed by atoms with van der Waals surface area (Å²) in [7, 11) is 0. The molecule has 2 aromatic carbocycles. The standard InChI is InChI=1S/C20H23NO3/c22-19(21-13-14-24-15-16-11-12-16)20(23,17-7-3-1-4-8-17)18-9-5-2-6-10-18/h1-10,16,23H,11-15H2,(H,21,22). The lowest BCUT2D eigenvalue weighted by Crippen LogP contribution is -2.46. The molecule has 0 atom stereocenters. The number of benzene rings is 2. The molecule has 24 heavy (non-hydrogen) atoms. The van der Waals surface area contributed by atoms with Crippen molar-refractivity contribution in [1.29, 1.82) is 0 Å². The number of hydrogen-bond donors (Lipinski definition) is 2. The molecule has 3 rings (SSSR count). The second-order valence-electron chi connectivity index (χ2n) is 6.22. The number of hydrogen-bond acceptors (Lipinski definition) is 3. The number of rotatable bonds is 8. The monoisotopic (exact) mass is 325 g/mol. The van der Waals surface area contributed by atoms with Crippen LogP contribution in [0, 0.1) is 5.92 Å². The average molecular weight is 325 g/mol. The summed E-state index contributed by atoms with van der Waals surface area (Å²) in [5.74, 6) is 0.265. The summed E-state index contributed by atoms with van der Waals surface area (Å²) in [6, 6.07) is 18.0. The van der Waals surface area contributed by atoms with Crippen LogP contribution in [0.15, 0.2) is 60.7 Å². The summed E-state index contributed by atoms with van der Waals surface area (Å²) < 4.78 is 5.54. The van der Waals surface area contributed by atoms with Gasteiger partial charge < -0.3 is 15.2 Å². The lowest BCUT2D eigenvalue weighted by molar-refractivity contribution is -0.136. The van der Waals surface area contributed by atoms with Crippen molar-refractivity contribution in [2.75, 3.05) is 19.8 Å². The van der Waals surface area contributed by atoms with Crippen molar-refractivity contribution in [1.82, 2.24) is 5.32 Å². The van der Waals surface area contributed by atoms with E-state index in [9.17, 15) is 9.90 Å². The Morgan fingerprint density at radius 3 is 2.08 bits per heavy atom. The highest BCUT2D eigenvalue weighted by Gasteiger charge is 2.39. The number of carbonyl (C=O) groups excluding carboxylic acids is 1. The molecule has 2 N–H and O–H groups in total. The predicted octanol–water partition coefficient (Wildman–Crippen LogP) is 2.47. The maximum absolute atomic E-state index is 12.8. The summed E-state index contributed by atoms with van der Waals surface area (Å²) >= 11 is 0. The third kappa shape index (κ3) is 3.83. The highest BCUT2D eigenvalue weighted by Crippen LogP contribution is 2.30. The molecule has 4 nitrogen and oxygen atoms in total. The Kier molecular flexibility index (Phi) is 5.28. The van der Waals surface area contributed by atoms with Gasteiger partial charge in [-0.25, -0.2) is 0 Å². The molecule has 1 fully saturated rings. The van der Waals surface area contributed by atoms with E-state index in [1.165, 1.54) is 12.8 Å². The SMILES string of the molecule is O=C(NCCOCC1CC1)C(O)(c1ccccc1)c1ccccc1. The van der Waals surface area contributed by atoms with Gasteiger partial charge >= 0.3 is 0 Å². The van der Waals surface area contributed by atoms with Crippen molar-refractivity contribution < 1.29 is 14.6 Å². The third-order valence-electron chi connectivity index (χ3n) is 4.29. The smallest absolute Gasteiger partial charge is 0.261 e. The van der Waals surface area contributed by atoms with Crippen LogP contribution >= 0.6 is 0 Å². The first-order chi connectivity index (χ1) is 11.7. The van der Waals surface area contributed by atoms with Crippen molar-refractivity contribution in [3.8, 4) is 0 Å². The highest BCUT2D eigenvalue weighted by atomic mass is 16.5. The molecule has 0 bridgehead atoms. The van der Waals surface area contributed by atoms with Crippen LogP contribution in [0.3, 0.4) is 0 Å². The van der Waals surface area contributed by atoms with E-state index in [0.29, 0.717) is 30.2 Å². The predicted molar refractivity (Wildman–Crippen MR) is 92.4 cm³/mol. The van der Waals surface area contributed by atoms with Gasteiger partial charge in [0.25, 0.3) is 5.91 Å². The fraction of sp³-hybridized carbons (Fsp3) is 0.350. The van der Waals surface area contributed by atoms with Gasteiger partial charge in [-0.2, -0.15) is 0 Å². The van der Waals surface area contributed by atoms with Crippen molar-refractivity contribution in [3.05, 3.63) is 71.8 Å². The molecule has 0 heterocycles. The van der Waals surface area contributed by atoms with E-state index in [0.717, 1.165) is 6.61 Å². The van der Waals surface area contributed by atoms with E-state index in [1.54, 1.807) is 24.3 Å². The van der Waals surface area contributed by atoms with Gasteiger partial charge in [0.15, 0.2) is 5.60 Å². The lowest BCUT2D eigenvalue weighted by Gasteiger charge is -2.28. The van der Waals surface area contributed by atoms with E-state index < -0.39 is 11.5 Å². The van der Waals surface area contributed by atoms with Crippen LogP contribution in [0.2, 0.25) is 0 Å². The topological polar surface area (TPSA) is 58.6 Å². The largest absolute Gasteiger partial charge is 0.379 e. The second kappa shape index (κ2) is 7.60. The molecular weight excluding hydrogens is 302 g/mol. The molecule has 1 saturated carbocycles. The van der Waals surface area contributed by atoms with Crippen LogP contribution in [0.1, 0.15) is 24.0 Å². The molecule has 0 radical (unpaired) electrons. The third-order valence-corrected chi connectivity index (χ3v) is 4.29. The summed E-state index contributed by atoms with van der Waals surface area (Å²) in [4.78, 5) is 12.8. The first kappa shape index (κ1) is 16.7. The fourth-order valence-corrected chi connectivity index (χ4v) is 2.69. The van der Waals surface area contributed by atoms with Crippen LogP contribution in [-0.2, 0) is 15.1 Å². The van der Waals surface area contributed by atoms with E-state index in [-0.39, 0.29) is 0 Å². The minimum absolute atomic E-state index is 0.382. The Hall–Kier alpha value is -2.17. The Morgan fingerprint density at radius 2 is 1.58 bits per heavy atom. The van der Waals surface area contributed by atoms with Gasteiger partial charge in [0.05, 0.1) is 6.61 Å². The molecule has 0 unspecified atom stereocenters. The molecule has 0 aliphatic heterocycles. The van der Waals surface area contributed by atoms with E-state index in [4.69, 9.17) is 4.74 Å². The summed E-state index contributed by atoms with van der Waals surface area (Å²) in [6.07, 6.45) is 2.49. The Balaban J connectivity index is 1.70. The molecule has 0 aromatic heterocycles. The zero-order valence-corrected chi connectivity index (χ0v) is 13.7. The highest BCUT2D eigenvalue weighted by molar-refractivity contribution is 5.90. The van der Waals surface area contributed by atoms with Gasteiger partial charge in [-0.05, 0) is 29.9 Å². The first-order valence-electron chi connectivity index (χ1n) is 8.40. The van der Waals surface area contributed by atoms with Crippen molar-refractivity contribution in [2.24, 2.45) is 5.92 Å². The van der Waals surface area contributed by atoms with Crippen molar-refractivity contribution in [2.45, 2.75) is 18.4 Å². The fourth-order valence-electron chi connectivity index (χ4n) is 2.69. The zero-order chi connectivity index (χ0) is 16.8. The number of carbonyl (C=O) groups is 1. The van der Waals surface area contributed by atoms with Gasteiger partial charge in [-0.3, -0.25) is 4.79 Å². The Morgan fingerprint density at radius 1 is 1.04 bits per heavy atom. The van der Waals surface area contributed by atoms with Gasteiger partial charge in [-0.1, -0.05) is 60.7 Å². The van der Waals surface area contributed by atoms with Crippen LogP contribution in [0.25, 0.3) is 0 Å². The van der Waals surface area contributed by atoms with Crippen LogP contribution < -0.4 is 5.32 Å². The maximum atomic E-state index is 12.8. The summed E-state index contributed by atoms with van der Waals surface area (Å²) in [5, 5.41) is 14.0. The van der Waals surface area contributed by atoms with Gasteiger partial charge in [0.2, 0.25) is 0 Å². The van der Waals surface area contributed by atoms with Gasteiger partial charge in [0.1, 0.15) is 0 Å². The summed E-state index contributed by atoms with van der Waals surface area (Å²) in [6.45, 7) is 1.60. The molecule has 1 aliphatic carbocycles. The minimum Gasteiger partial charge on any atom is -0.379 e. The molecule has 2 aromatic rings. The van der Waals surface area contributed by atoms with E-state index in [1.807, 2.05) is 36.4 Å². The van der Waals surface area contributed by atoms with E-state index >= 15 is 0 Å². The van der Waals surface area contributed by atoms with Crippen molar-refractivity contribution in [3.63, 3.8) is 0 Å². The number of ether oxygens (including phenoxy) is 1. The Bertz CT molecular complexity index is 614. The Labute approximate surface area is 142 Å². The molecule has 126 valence electrons. The number of nitrogens with one attached hydrogen (secondary N) is 1. The molecular formula is C20H23NO3. The number of amides is 1. The normalized spacial score (nSPS) is 14.4. The molecule has 4 heteroatoms. The average Bonchev–Trinajstić information content (AvgIpc) is 3.46. The maximum Gasteiger partial charge on any atom is 0.261 e. The first-order valence-corrected chi connectivity index (χ1v) is 8.40. The number of aliphatic hydroxyl groups is 1. The molecule has 0 saturated heterocycles. The quantitative estimate of drug-likeness (QED) is 0.733.